The minimum atomic E-state index is -0.257. The summed E-state index contributed by atoms with van der Waals surface area (Å²) in [5.41, 5.74) is 3.57. The lowest BCUT2D eigenvalue weighted by Crippen LogP contribution is -2.13. The molecule has 0 saturated heterocycles. The Morgan fingerprint density at radius 3 is 2.73 bits per heavy atom. The molecule has 3 aromatic rings. The SMILES string of the molecule is CSCC(=O)Nc1ccc(-c2c[nH]c3cc(F)ccc23)cc1. The van der Waals surface area contributed by atoms with E-state index in [1.807, 2.05) is 36.7 Å². The van der Waals surface area contributed by atoms with E-state index in [1.54, 1.807) is 6.07 Å². The number of aromatic amines is 1. The molecule has 2 aromatic carbocycles. The number of H-pyrrole nitrogens is 1. The molecule has 112 valence electrons. The molecule has 0 fully saturated rings. The van der Waals surface area contributed by atoms with Gasteiger partial charge in [-0.25, -0.2) is 4.39 Å². The van der Waals surface area contributed by atoms with Gasteiger partial charge in [0.25, 0.3) is 0 Å². The van der Waals surface area contributed by atoms with Crippen molar-refractivity contribution in [3.05, 3.63) is 54.5 Å². The molecule has 1 amide bonds. The summed E-state index contributed by atoms with van der Waals surface area (Å²) >= 11 is 1.49. The second-order valence-corrected chi connectivity index (χ2v) is 5.82. The lowest BCUT2D eigenvalue weighted by Gasteiger charge is -2.05. The minimum absolute atomic E-state index is 0.0113. The predicted molar refractivity (Wildman–Crippen MR) is 90.7 cm³/mol. The van der Waals surface area contributed by atoms with Gasteiger partial charge < -0.3 is 10.3 Å². The number of benzene rings is 2. The molecular weight excluding hydrogens is 299 g/mol. The van der Waals surface area contributed by atoms with Crippen molar-refractivity contribution in [1.29, 1.82) is 0 Å². The third-order valence-electron chi connectivity index (χ3n) is 3.40. The Kier molecular flexibility index (Phi) is 4.15. The Hall–Kier alpha value is -2.27. The molecule has 0 aliphatic heterocycles. The van der Waals surface area contributed by atoms with E-state index >= 15 is 0 Å². The highest BCUT2D eigenvalue weighted by Gasteiger charge is 2.07. The molecule has 0 saturated carbocycles. The zero-order valence-corrected chi connectivity index (χ0v) is 12.8. The summed E-state index contributed by atoms with van der Waals surface area (Å²) in [7, 11) is 0. The molecule has 0 aliphatic rings. The van der Waals surface area contributed by atoms with Gasteiger partial charge >= 0.3 is 0 Å². The van der Waals surface area contributed by atoms with Gasteiger partial charge in [0.2, 0.25) is 5.91 Å². The predicted octanol–water partition coefficient (Wildman–Crippen LogP) is 4.28. The van der Waals surface area contributed by atoms with Crippen LogP contribution in [0.4, 0.5) is 10.1 Å². The lowest BCUT2D eigenvalue weighted by molar-refractivity contribution is -0.113. The highest BCUT2D eigenvalue weighted by atomic mass is 32.2. The van der Waals surface area contributed by atoms with E-state index in [0.29, 0.717) is 5.75 Å². The first-order chi connectivity index (χ1) is 10.7. The first-order valence-electron chi connectivity index (χ1n) is 6.83. The third kappa shape index (κ3) is 2.99. The second kappa shape index (κ2) is 6.23. The van der Waals surface area contributed by atoms with Gasteiger partial charge in [-0.15, -0.1) is 0 Å². The number of hydrogen-bond acceptors (Lipinski definition) is 2. The number of nitrogens with one attached hydrogen (secondary N) is 2. The van der Waals surface area contributed by atoms with Crippen LogP contribution < -0.4 is 5.32 Å². The molecule has 0 atom stereocenters. The molecule has 0 aliphatic carbocycles. The largest absolute Gasteiger partial charge is 0.360 e. The number of rotatable bonds is 4. The Bertz CT molecular complexity index is 811. The molecule has 5 heteroatoms. The summed E-state index contributed by atoms with van der Waals surface area (Å²) in [5, 5.41) is 3.82. The van der Waals surface area contributed by atoms with E-state index in [-0.39, 0.29) is 11.7 Å². The van der Waals surface area contributed by atoms with Gasteiger partial charge in [0.1, 0.15) is 5.82 Å². The van der Waals surface area contributed by atoms with Crippen molar-refractivity contribution in [3.8, 4) is 11.1 Å². The minimum Gasteiger partial charge on any atom is -0.360 e. The van der Waals surface area contributed by atoms with Crippen LogP contribution in [0, 0.1) is 5.82 Å². The van der Waals surface area contributed by atoms with E-state index in [1.165, 1.54) is 23.9 Å². The van der Waals surface area contributed by atoms with E-state index in [4.69, 9.17) is 0 Å². The smallest absolute Gasteiger partial charge is 0.234 e. The van der Waals surface area contributed by atoms with Gasteiger partial charge in [0, 0.05) is 28.4 Å². The van der Waals surface area contributed by atoms with Crippen molar-refractivity contribution in [2.24, 2.45) is 0 Å². The fourth-order valence-electron chi connectivity index (χ4n) is 2.40. The van der Waals surface area contributed by atoms with E-state index in [9.17, 15) is 9.18 Å². The van der Waals surface area contributed by atoms with Crippen LogP contribution in [0.1, 0.15) is 0 Å². The molecule has 0 unspecified atom stereocenters. The van der Waals surface area contributed by atoms with Crippen LogP contribution in [0.3, 0.4) is 0 Å². The summed E-state index contributed by atoms with van der Waals surface area (Å²) in [4.78, 5) is 14.6. The normalized spacial score (nSPS) is 10.8. The molecule has 3 nitrogen and oxygen atoms in total. The highest BCUT2D eigenvalue weighted by molar-refractivity contribution is 7.99. The number of carbonyl (C=O) groups excluding carboxylic acids is 1. The first kappa shape index (κ1) is 14.7. The van der Waals surface area contributed by atoms with Crippen molar-refractivity contribution >= 4 is 34.3 Å². The topological polar surface area (TPSA) is 44.9 Å². The van der Waals surface area contributed by atoms with Gasteiger partial charge in [-0.2, -0.15) is 11.8 Å². The van der Waals surface area contributed by atoms with Crippen molar-refractivity contribution in [2.45, 2.75) is 0 Å². The molecular formula is C17H15FN2OS. The van der Waals surface area contributed by atoms with Crippen LogP contribution >= 0.6 is 11.8 Å². The fourth-order valence-corrected chi connectivity index (χ4v) is 2.73. The van der Waals surface area contributed by atoms with Crippen molar-refractivity contribution in [3.63, 3.8) is 0 Å². The summed E-state index contributed by atoms with van der Waals surface area (Å²) < 4.78 is 13.2. The van der Waals surface area contributed by atoms with Gasteiger partial charge in [-0.3, -0.25) is 4.79 Å². The Balaban J connectivity index is 1.87. The summed E-state index contributed by atoms with van der Waals surface area (Å²) in [6.07, 6.45) is 3.76. The summed E-state index contributed by atoms with van der Waals surface area (Å²) in [6, 6.07) is 12.3. The van der Waals surface area contributed by atoms with Crippen LogP contribution in [-0.2, 0) is 4.79 Å². The monoisotopic (exact) mass is 314 g/mol. The molecule has 0 spiro atoms. The first-order valence-corrected chi connectivity index (χ1v) is 8.22. The van der Waals surface area contributed by atoms with Gasteiger partial charge in [0.15, 0.2) is 0 Å². The molecule has 2 N–H and O–H groups in total. The van der Waals surface area contributed by atoms with Gasteiger partial charge in [-0.1, -0.05) is 12.1 Å². The second-order valence-electron chi connectivity index (χ2n) is 4.95. The van der Waals surface area contributed by atoms with E-state index in [0.717, 1.165) is 27.7 Å². The maximum Gasteiger partial charge on any atom is 0.234 e. The van der Waals surface area contributed by atoms with Gasteiger partial charge in [0.05, 0.1) is 5.75 Å². The summed E-state index contributed by atoms with van der Waals surface area (Å²) in [5.74, 6) is 0.172. The number of aromatic nitrogens is 1. The third-order valence-corrected chi connectivity index (χ3v) is 3.95. The Morgan fingerprint density at radius 1 is 1.23 bits per heavy atom. The van der Waals surface area contributed by atoms with E-state index in [2.05, 4.69) is 10.3 Å². The van der Waals surface area contributed by atoms with Crippen LogP contribution in [0.5, 0.6) is 0 Å². The van der Waals surface area contributed by atoms with Crippen molar-refractivity contribution in [1.82, 2.24) is 4.98 Å². The van der Waals surface area contributed by atoms with Crippen LogP contribution in [0.25, 0.3) is 22.0 Å². The highest BCUT2D eigenvalue weighted by Crippen LogP contribution is 2.29. The molecule has 22 heavy (non-hydrogen) atoms. The molecule has 1 heterocycles. The average Bonchev–Trinajstić information content (AvgIpc) is 2.91. The molecule has 0 radical (unpaired) electrons. The fraction of sp³-hybridized carbons (Fsp3) is 0.118. The number of hydrogen-bond donors (Lipinski definition) is 2. The number of amides is 1. The van der Waals surface area contributed by atoms with Crippen LogP contribution in [0.15, 0.2) is 48.7 Å². The summed E-state index contributed by atoms with van der Waals surface area (Å²) in [6.45, 7) is 0. The van der Waals surface area contributed by atoms with E-state index < -0.39 is 0 Å². The average molecular weight is 314 g/mol. The number of thioether (sulfide) groups is 1. The Labute approximate surface area is 131 Å². The van der Waals surface area contributed by atoms with Crippen LogP contribution in [0.2, 0.25) is 0 Å². The number of carbonyl (C=O) groups is 1. The number of fused-ring (bicyclic) bond motifs is 1. The Morgan fingerprint density at radius 2 is 2.00 bits per heavy atom. The van der Waals surface area contributed by atoms with Crippen LogP contribution in [-0.4, -0.2) is 22.9 Å². The van der Waals surface area contributed by atoms with Crippen molar-refractivity contribution < 1.29 is 9.18 Å². The standard InChI is InChI=1S/C17H15FN2OS/c1-22-10-17(21)20-13-5-2-11(3-6-13)15-9-19-16-8-12(18)4-7-14(15)16/h2-9,19H,10H2,1H3,(H,20,21). The quantitative estimate of drug-likeness (QED) is 0.755. The zero-order valence-electron chi connectivity index (χ0n) is 12.0. The molecule has 0 bridgehead atoms. The number of anilines is 1. The lowest BCUT2D eigenvalue weighted by atomic mass is 10.0. The number of halogens is 1. The molecule has 3 rings (SSSR count). The maximum absolute atomic E-state index is 13.2. The molecule has 1 aromatic heterocycles. The van der Waals surface area contributed by atoms with Crippen molar-refractivity contribution in [2.75, 3.05) is 17.3 Å². The zero-order chi connectivity index (χ0) is 15.5. The van der Waals surface area contributed by atoms with Gasteiger partial charge in [-0.05, 0) is 42.2 Å². The maximum atomic E-state index is 13.2.